The summed E-state index contributed by atoms with van der Waals surface area (Å²) in [5.41, 5.74) is 3.20. The second-order valence-corrected chi connectivity index (χ2v) is 11.0. The number of likely N-dealkylation sites (tertiary alicyclic amines) is 1. The Morgan fingerprint density at radius 1 is 1.25 bits per heavy atom. The Kier molecular flexibility index (Phi) is 8.07. The highest BCUT2D eigenvalue weighted by atomic mass is 35.5. The van der Waals surface area contributed by atoms with E-state index in [1.165, 1.54) is 4.90 Å². The minimum Gasteiger partial charge on any atom is -0.738 e. The van der Waals surface area contributed by atoms with Crippen molar-refractivity contribution >= 4 is 29.0 Å². The highest BCUT2D eigenvalue weighted by Crippen LogP contribution is 2.35. The van der Waals surface area contributed by atoms with Crippen LogP contribution in [-0.4, -0.2) is 68.8 Å². The van der Waals surface area contributed by atoms with Crippen LogP contribution < -0.4 is 5.17 Å². The van der Waals surface area contributed by atoms with Crippen molar-refractivity contribution in [3.63, 3.8) is 0 Å². The van der Waals surface area contributed by atoms with Crippen LogP contribution in [0.15, 0.2) is 48.9 Å². The van der Waals surface area contributed by atoms with Crippen LogP contribution >= 0.6 is 11.6 Å². The molecule has 1 saturated heterocycles. The highest BCUT2D eigenvalue weighted by molar-refractivity contribution is 6.30. The quantitative estimate of drug-likeness (QED) is 0.500. The second-order valence-electron chi connectivity index (χ2n) is 10.5. The zero-order chi connectivity index (χ0) is 25.9. The third-order valence-electron chi connectivity index (χ3n) is 6.96. The second kappa shape index (κ2) is 11.1. The van der Waals surface area contributed by atoms with Crippen LogP contribution in [0.3, 0.4) is 0 Å². The fourth-order valence-corrected chi connectivity index (χ4v) is 5.23. The van der Waals surface area contributed by atoms with E-state index in [1.54, 1.807) is 17.4 Å². The molecule has 1 fully saturated rings. The number of hydrogen-bond acceptors (Lipinski definition) is 6. The van der Waals surface area contributed by atoms with Gasteiger partial charge in [-0.3, -0.25) is 9.88 Å². The Bertz CT molecular complexity index is 1090. The molecule has 4 rings (SSSR count). The smallest absolute Gasteiger partial charge is 0.407 e. The number of carboxylic acid groups (broad SMARTS) is 1. The van der Waals surface area contributed by atoms with Crippen molar-refractivity contribution in [3.8, 4) is 0 Å². The van der Waals surface area contributed by atoms with Gasteiger partial charge in [-0.1, -0.05) is 23.7 Å². The van der Waals surface area contributed by atoms with E-state index >= 15 is 0 Å². The topological polar surface area (TPSA) is 86.2 Å². The van der Waals surface area contributed by atoms with Crippen molar-refractivity contribution < 1.29 is 9.90 Å². The predicted molar refractivity (Wildman–Crippen MR) is 144 cm³/mol. The fraction of sp³-hybridized carbons (Fsp3) is 0.481. The van der Waals surface area contributed by atoms with Crippen molar-refractivity contribution in [2.24, 2.45) is 0 Å². The number of halogens is 1. The first-order chi connectivity index (χ1) is 17.1. The Labute approximate surface area is 218 Å². The molecule has 8 nitrogen and oxygen atoms in total. The minimum atomic E-state index is -0.888. The van der Waals surface area contributed by atoms with Gasteiger partial charge in [0.05, 0.1) is 18.4 Å². The lowest BCUT2D eigenvalue weighted by Gasteiger charge is -2.47. The largest absolute Gasteiger partial charge is 0.738 e. The Hall–Kier alpha value is -2.81. The molecule has 0 radical (unpaired) electrons. The summed E-state index contributed by atoms with van der Waals surface area (Å²) in [7, 11) is 0. The summed E-state index contributed by atoms with van der Waals surface area (Å²) in [5, 5.41) is 26.3. The van der Waals surface area contributed by atoms with E-state index in [1.807, 2.05) is 57.3 Å². The van der Waals surface area contributed by atoms with Crippen LogP contribution in [-0.2, 0) is 6.42 Å². The highest BCUT2D eigenvalue weighted by Gasteiger charge is 2.30. The van der Waals surface area contributed by atoms with Crippen LogP contribution in [0.4, 0.5) is 10.5 Å². The van der Waals surface area contributed by atoms with Gasteiger partial charge in [-0.2, -0.15) is 0 Å². The van der Waals surface area contributed by atoms with E-state index in [2.05, 4.69) is 9.88 Å². The summed E-state index contributed by atoms with van der Waals surface area (Å²) in [5.74, 6) is 0. The first-order valence-corrected chi connectivity index (χ1v) is 12.9. The zero-order valence-electron chi connectivity index (χ0n) is 21.2. The van der Waals surface area contributed by atoms with Crippen molar-refractivity contribution in [2.75, 3.05) is 31.4 Å². The van der Waals surface area contributed by atoms with Crippen LogP contribution in [0.25, 0.3) is 5.57 Å². The number of hydrogen-bond donors (Lipinski definition) is 1. The van der Waals surface area contributed by atoms with E-state index in [4.69, 9.17) is 11.6 Å². The van der Waals surface area contributed by atoms with Crippen LogP contribution in [0.5, 0.6) is 0 Å². The molecule has 1 N–H and O–H groups in total. The van der Waals surface area contributed by atoms with Crippen molar-refractivity contribution in [3.05, 3.63) is 70.3 Å². The SMILES string of the molecule is CC(C)(C)N(CCCN1CCC[C@@H]1CN1C=C(Cc2ccc(Cl)cc2)c2ccncc2N1[O-])C(=O)O. The first kappa shape index (κ1) is 26.3. The molecule has 3 heterocycles. The maximum Gasteiger partial charge on any atom is 0.407 e. The summed E-state index contributed by atoms with van der Waals surface area (Å²) in [6.07, 6.45) is 7.94. The lowest BCUT2D eigenvalue weighted by molar-refractivity contribution is 0.0953. The van der Waals surface area contributed by atoms with E-state index < -0.39 is 11.6 Å². The minimum absolute atomic E-state index is 0.223. The van der Waals surface area contributed by atoms with Crippen molar-refractivity contribution in [1.29, 1.82) is 0 Å². The lowest BCUT2D eigenvalue weighted by atomic mass is 9.97. The van der Waals surface area contributed by atoms with Gasteiger partial charge in [-0.05, 0) is 82.3 Å². The van der Waals surface area contributed by atoms with Crippen LogP contribution in [0, 0.1) is 5.21 Å². The molecule has 0 spiro atoms. The average molecular weight is 513 g/mol. The van der Waals surface area contributed by atoms with Crippen molar-refractivity contribution in [1.82, 2.24) is 19.8 Å². The van der Waals surface area contributed by atoms with E-state index in [0.29, 0.717) is 30.2 Å². The molecule has 0 bridgehead atoms. The molecule has 194 valence electrons. The molecule has 1 aromatic heterocycles. The standard InChI is InChI=1S/C27H35ClN5O3/c1-27(2,3)32(26(34)35)15-5-14-30-13-4-6-23(30)19-31-18-21(16-20-7-9-22(28)10-8-20)24-11-12-29-17-25(24)33(31)36/h7-12,17-18,23H,4-6,13-16,19H2,1-3H3,(H,34,35)/q-1/t23-/m1/s1. The normalized spacial score (nSPS) is 18.2. The fourth-order valence-electron chi connectivity index (χ4n) is 5.10. The molecule has 1 amide bonds. The van der Waals surface area contributed by atoms with Gasteiger partial charge in [0.1, 0.15) is 0 Å². The predicted octanol–water partition coefficient (Wildman–Crippen LogP) is 5.49. The number of nitrogens with zero attached hydrogens (tertiary/aromatic N) is 5. The monoisotopic (exact) mass is 512 g/mol. The third kappa shape index (κ3) is 6.11. The van der Waals surface area contributed by atoms with Gasteiger partial charge in [-0.25, -0.2) is 4.79 Å². The molecule has 9 heteroatoms. The molecule has 0 aliphatic carbocycles. The number of carbonyl (C=O) groups is 1. The molecule has 2 aliphatic heterocycles. The maximum absolute atomic E-state index is 13.3. The number of hydrazine groups is 1. The average Bonchev–Trinajstić information content (AvgIpc) is 3.27. The van der Waals surface area contributed by atoms with Gasteiger partial charge < -0.3 is 25.4 Å². The molecular weight excluding hydrogens is 478 g/mol. The number of anilines is 1. The van der Waals surface area contributed by atoms with Gasteiger partial charge in [0, 0.05) is 47.7 Å². The molecule has 0 unspecified atom stereocenters. The van der Waals surface area contributed by atoms with Gasteiger partial charge in [0.25, 0.3) is 0 Å². The molecule has 36 heavy (non-hydrogen) atoms. The summed E-state index contributed by atoms with van der Waals surface area (Å²) < 4.78 is 0. The number of benzene rings is 1. The van der Waals surface area contributed by atoms with Crippen LogP contribution in [0.1, 0.15) is 51.2 Å². The Balaban J connectivity index is 1.46. The van der Waals surface area contributed by atoms with E-state index in [-0.39, 0.29) is 6.04 Å². The van der Waals surface area contributed by atoms with Gasteiger partial charge in [0.15, 0.2) is 0 Å². The Morgan fingerprint density at radius 3 is 2.69 bits per heavy atom. The number of aromatic nitrogens is 1. The number of fused-ring (bicyclic) bond motifs is 1. The van der Waals surface area contributed by atoms with E-state index in [9.17, 15) is 15.1 Å². The third-order valence-corrected chi connectivity index (χ3v) is 7.21. The summed E-state index contributed by atoms with van der Waals surface area (Å²) in [6.45, 7) is 8.57. The number of rotatable bonds is 8. The lowest BCUT2D eigenvalue weighted by Crippen LogP contribution is -2.48. The first-order valence-electron chi connectivity index (χ1n) is 12.5. The molecule has 1 atom stereocenters. The number of pyridine rings is 1. The van der Waals surface area contributed by atoms with Gasteiger partial charge >= 0.3 is 6.09 Å². The van der Waals surface area contributed by atoms with Crippen LogP contribution in [0.2, 0.25) is 5.02 Å². The zero-order valence-corrected chi connectivity index (χ0v) is 22.0. The molecule has 0 saturated carbocycles. The molecule has 2 aromatic rings. The van der Waals surface area contributed by atoms with E-state index in [0.717, 1.165) is 54.2 Å². The Morgan fingerprint density at radius 2 is 2.00 bits per heavy atom. The summed E-state index contributed by atoms with van der Waals surface area (Å²) in [6, 6.07) is 9.90. The molecular formula is C27H35ClN5O3-. The van der Waals surface area contributed by atoms with Crippen molar-refractivity contribution in [2.45, 2.75) is 58.0 Å². The summed E-state index contributed by atoms with van der Waals surface area (Å²) >= 11 is 6.06. The van der Waals surface area contributed by atoms with Gasteiger partial charge in [0.2, 0.25) is 0 Å². The number of amides is 1. The summed E-state index contributed by atoms with van der Waals surface area (Å²) in [4.78, 5) is 19.7. The molecule has 1 aromatic carbocycles. The van der Waals surface area contributed by atoms with Gasteiger partial charge in [-0.15, -0.1) is 0 Å². The maximum atomic E-state index is 13.3. The molecule has 2 aliphatic rings. The number of allylic oxidation sites excluding steroid dienone is 1.